The van der Waals surface area contributed by atoms with Crippen LogP contribution in [0, 0.1) is 18.7 Å². The van der Waals surface area contributed by atoms with E-state index in [1.165, 1.54) is 31.7 Å². The van der Waals surface area contributed by atoms with E-state index in [0.717, 1.165) is 30.1 Å². The van der Waals surface area contributed by atoms with Gasteiger partial charge in [-0.15, -0.1) is 0 Å². The molecule has 1 heterocycles. The summed E-state index contributed by atoms with van der Waals surface area (Å²) in [7, 11) is 0. The second-order valence-electron chi connectivity index (χ2n) is 5.99. The first kappa shape index (κ1) is 15.5. The van der Waals surface area contributed by atoms with Gasteiger partial charge in [0.25, 0.3) is 0 Å². The van der Waals surface area contributed by atoms with Gasteiger partial charge in [0.2, 0.25) is 0 Å². The van der Waals surface area contributed by atoms with Gasteiger partial charge in [0.1, 0.15) is 5.82 Å². The van der Waals surface area contributed by atoms with Crippen molar-refractivity contribution in [2.24, 2.45) is 11.7 Å². The van der Waals surface area contributed by atoms with E-state index >= 15 is 0 Å². The molecular formula is C17H27FN2. The number of hydrogen-bond donors (Lipinski definition) is 1. The lowest BCUT2D eigenvalue weighted by atomic mass is 9.98. The van der Waals surface area contributed by atoms with Gasteiger partial charge in [0, 0.05) is 12.6 Å². The molecule has 20 heavy (non-hydrogen) atoms. The monoisotopic (exact) mass is 278 g/mol. The van der Waals surface area contributed by atoms with E-state index in [4.69, 9.17) is 5.73 Å². The summed E-state index contributed by atoms with van der Waals surface area (Å²) in [6, 6.07) is 5.21. The van der Waals surface area contributed by atoms with Gasteiger partial charge in [-0.2, -0.15) is 0 Å². The number of hydrogen-bond acceptors (Lipinski definition) is 2. The van der Waals surface area contributed by atoms with Crippen molar-refractivity contribution in [3.05, 3.63) is 35.1 Å². The van der Waals surface area contributed by atoms with E-state index in [9.17, 15) is 4.39 Å². The Morgan fingerprint density at radius 1 is 1.35 bits per heavy atom. The van der Waals surface area contributed by atoms with Crippen LogP contribution in [-0.2, 0) is 0 Å². The molecule has 3 heteroatoms. The van der Waals surface area contributed by atoms with E-state index < -0.39 is 0 Å². The summed E-state index contributed by atoms with van der Waals surface area (Å²) in [4.78, 5) is 2.46. The molecule has 0 amide bonds. The minimum Gasteiger partial charge on any atom is -0.329 e. The van der Waals surface area contributed by atoms with Gasteiger partial charge < -0.3 is 5.73 Å². The lowest BCUT2D eigenvalue weighted by Crippen LogP contribution is -2.35. The van der Waals surface area contributed by atoms with Crippen molar-refractivity contribution in [1.82, 2.24) is 4.90 Å². The van der Waals surface area contributed by atoms with E-state index in [1.54, 1.807) is 6.07 Å². The highest BCUT2D eigenvalue weighted by atomic mass is 19.1. The Bertz CT molecular complexity index is 433. The second-order valence-corrected chi connectivity index (χ2v) is 5.99. The zero-order chi connectivity index (χ0) is 14.5. The van der Waals surface area contributed by atoms with E-state index in [1.807, 2.05) is 13.0 Å². The molecular weight excluding hydrogens is 251 g/mol. The third kappa shape index (κ3) is 3.58. The average molecular weight is 278 g/mol. The fraction of sp³-hybridized carbons (Fsp3) is 0.647. The van der Waals surface area contributed by atoms with Crippen molar-refractivity contribution in [2.75, 3.05) is 19.6 Å². The summed E-state index contributed by atoms with van der Waals surface area (Å²) in [5.41, 5.74) is 8.20. The minimum absolute atomic E-state index is 0.154. The molecule has 0 aliphatic carbocycles. The molecule has 2 unspecified atom stereocenters. The van der Waals surface area contributed by atoms with Crippen LogP contribution in [0.15, 0.2) is 18.2 Å². The van der Waals surface area contributed by atoms with Gasteiger partial charge in [0.15, 0.2) is 0 Å². The van der Waals surface area contributed by atoms with Crippen molar-refractivity contribution in [3.63, 3.8) is 0 Å². The molecule has 0 spiro atoms. The zero-order valence-corrected chi connectivity index (χ0v) is 12.7. The zero-order valence-electron chi connectivity index (χ0n) is 12.7. The molecule has 1 fully saturated rings. The fourth-order valence-corrected chi connectivity index (χ4v) is 3.35. The Morgan fingerprint density at radius 2 is 2.15 bits per heavy atom. The highest BCUT2D eigenvalue weighted by Crippen LogP contribution is 2.28. The van der Waals surface area contributed by atoms with Crippen LogP contribution in [0.2, 0.25) is 0 Å². The first-order valence-corrected chi connectivity index (χ1v) is 7.85. The van der Waals surface area contributed by atoms with Crippen molar-refractivity contribution in [3.8, 4) is 0 Å². The smallest absolute Gasteiger partial charge is 0.123 e. The van der Waals surface area contributed by atoms with Crippen molar-refractivity contribution in [1.29, 1.82) is 0 Å². The number of halogens is 1. The predicted molar refractivity (Wildman–Crippen MR) is 82.1 cm³/mol. The van der Waals surface area contributed by atoms with E-state index in [2.05, 4.69) is 11.8 Å². The van der Waals surface area contributed by atoms with Gasteiger partial charge in [-0.25, -0.2) is 4.39 Å². The summed E-state index contributed by atoms with van der Waals surface area (Å²) in [6.07, 6.45) is 5.04. The largest absolute Gasteiger partial charge is 0.329 e. The SMILES string of the molecule is CCC1CCCN(C(CN)c2cc(F)ccc2C)CC1. The molecule has 2 atom stereocenters. The summed E-state index contributed by atoms with van der Waals surface area (Å²) >= 11 is 0. The van der Waals surface area contributed by atoms with Crippen LogP contribution in [0.4, 0.5) is 4.39 Å². The number of nitrogens with two attached hydrogens (primary N) is 1. The highest BCUT2D eigenvalue weighted by Gasteiger charge is 2.24. The standard InChI is InChI=1S/C17H27FN2/c1-3-14-5-4-9-20(10-8-14)17(12-19)16-11-15(18)7-6-13(16)2/h6-7,11,14,17H,3-5,8-10,12,19H2,1-2H3. The lowest BCUT2D eigenvalue weighted by Gasteiger charge is -2.31. The molecule has 1 aromatic carbocycles. The number of benzene rings is 1. The van der Waals surface area contributed by atoms with Crippen LogP contribution in [0.25, 0.3) is 0 Å². The van der Waals surface area contributed by atoms with Gasteiger partial charge in [-0.1, -0.05) is 19.4 Å². The van der Waals surface area contributed by atoms with Gasteiger partial charge in [-0.3, -0.25) is 4.90 Å². The molecule has 0 saturated carbocycles. The lowest BCUT2D eigenvalue weighted by molar-refractivity contribution is 0.206. The first-order valence-electron chi connectivity index (χ1n) is 7.85. The molecule has 112 valence electrons. The topological polar surface area (TPSA) is 29.3 Å². The molecule has 2 nitrogen and oxygen atoms in total. The Kier molecular flexibility index (Phi) is 5.55. The Morgan fingerprint density at radius 3 is 2.85 bits per heavy atom. The summed E-state index contributed by atoms with van der Waals surface area (Å²) < 4.78 is 13.5. The predicted octanol–water partition coefficient (Wildman–Crippen LogP) is 3.65. The van der Waals surface area contributed by atoms with Gasteiger partial charge in [0.05, 0.1) is 0 Å². The number of likely N-dealkylation sites (tertiary alicyclic amines) is 1. The molecule has 1 aromatic rings. The van der Waals surface area contributed by atoms with Crippen LogP contribution >= 0.6 is 0 Å². The van der Waals surface area contributed by atoms with Crippen LogP contribution in [-0.4, -0.2) is 24.5 Å². The molecule has 0 bridgehead atoms. The summed E-state index contributed by atoms with van der Waals surface area (Å²) in [6.45, 7) is 7.04. The highest BCUT2D eigenvalue weighted by molar-refractivity contribution is 5.30. The molecule has 1 aliphatic rings. The third-order valence-electron chi connectivity index (χ3n) is 4.72. The molecule has 1 saturated heterocycles. The summed E-state index contributed by atoms with van der Waals surface area (Å²) in [5.74, 6) is 0.678. The second kappa shape index (κ2) is 7.19. The van der Waals surface area contributed by atoms with Gasteiger partial charge in [-0.05, 0) is 68.5 Å². The Labute approximate surface area is 122 Å². The maximum atomic E-state index is 13.5. The van der Waals surface area contributed by atoms with Crippen molar-refractivity contribution >= 4 is 0 Å². The van der Waals surface area contributed by atoms with Gasteiger partial charge >= 0.3 is 0 Å². The molecule has 0 radical (unpaired) electrons. The Balaban J connectivity index is 2.17. The molecule has 0 aromatic heterocycles. The normalized spacial score (nSPS) is 22.5. The third-order valence-corrected chi connectivity index (χ3v) is 4.72. The number of aryl methyl sites for hydroxylation is 1. The number of nitrogens with zero attached hydrogens (tertiary/aromatic N) is 1. The summed E-state index contributed by atoms with van der Waals surface area (Å²) in [5, 5.41) is 0. The van der Waals surface area contributed by atoms with Crippen LogP contribution < -0.4 is 5.73 Å². The van der Waals surface area contributed by atoms with E-state index in [0.29, 0.717) is 6.54 Å². The molecule has 1 aliphatic heterocycles. The Hall–Kier alpha value is -0.930. The fourth-order valence-electron chi connectivity index (χ4n) is 3.35. The quantitative estimate of drug-likeness (QED) is 0.911. The minimum atomic E-state index is -0.162. The van der Waals surface area contributed by atoms with Crippen LogP contribution in [0.1, 0.15) is 49.8 Å². The molecule has 2 rings (SSSR count). The van der Waals surface area contributed by atoms with E-state index in [-0.39, 0.29) is 11.9 Å². The number of rotatable bonds is 4. The van der Waals surface area contributed by atoms with Crippen molar-refractivity contribution < 1.29 is 4.39 Å². The first-order chi connectivity index (χ1) is 9.65. The molecule has 2 N–H and O–H groups in total. The van der Waals surface area contributed by atoms with Crippen molar-refractivity contribution in [2.45, 2.75) is 45.6 Å². The maximum absolute atomic E-state index is 13.5. The van der Waals surface area contributed by atoms with Crippen LogP contribution in [0.5, 0.6) is 0 Å². The van der Waals surface area contributed by atoms with Crippen LogP contribution in [0.3, 0.4) is 0 Å². The average Bonchev–Trinajstić information content (AvgIpc) is 2.69. The maximum Gasteiger partial charge on any atom is 0.123 e.